The van der Waals surface area contributed by atoms with Gasteiger partial charge in [0.25, 0.3) is 0 Å². The molecule has 2 aromatic heterocycles. The number of nitrogens with zero attached hydrogens (tertiary/aromatic N) is 2. The number of hydrogen-bond acceptors (Lipinski definition) is 3. The lowest BCUT2D eigenvalue weighted by atomic mass is 10.1. The number of nitrogens with one attached hydrogen (secondary N) is 2. The number of H-pyrrole nitrogens is 1. The average Bonchev–Trinajstić information content (AvgIpc) is 3.15. The molecule has 142 valence electrons. The predicted octanol–water partition coefficient (Wildman–Crippen LogP) is 3.84. The second kappa shape index (κ2) is 7.78. The molecule has 1 amide bonds. The van der Waals surface area contributed by atoms with Crippen molar-refractivity contribution in [3.05, 3.63) is 53.0 Å². The molecule has 0 unspecified atom stereocenters. The van der Waals surface area contributed by atoms with Crippen LogP contribution < -0.4 is 5.32 Å². The normalized spacial score (nSPS) is 12.3. The van der Waals surface area contributed by atoms with Crippen molar-refractivity contribution in [2.45, 2.75) is 53.1 Å². The highest BCUT2D eigenvalue weighted by atomic mass is 16.2. The van der Waals surface area contributed by atoms with Crippen LogP contribution in [0.5, 0.6) is 0 Å². The van der Waals surface area contributed by atoms with Crippen molar-refractivity contribution in [3.8, 4) is 0 Å². The highest BCUT2D eigenvalue weighted by Gasteiger charge is 2.19. The SMILES string of the molecule is CCCC(=O)c1cn(CC(=O)N[C@@H](C)c2c(C)n[nH]c2C)c2ccccc12. The summed E-state index contributed by atoms with van der Waals surface area (Å²) in [4.78, 5) is 25.1. The minimum absolute atomic E-state index is 0.0993. The van der Waals surface area contributed by atoms with Crippen LogP contribution in [-0.4, -0.2) is 26.5 Å². The molecule has 1 aromatic carbocycles. The van der Waals surface area contributed by atoms with Gasteiger partial charge in [0.05, 0.1) is 11.7 Å². The molecule has 27 heavy (non-hydrogen) atoms. The number of aromatic nitrogens is 3. The van der Waals surface area contributed by atoms with Gasteiger partial charge in [-0.2, -0.15) is 5.10 Å². The fraction of sp³-hybridized carbons (Fsp3) is 0.381. The lowest BCUT2D eigenvalue weighted by Crippen LogP contribution is -2.30. The van der Waals surface area contributed by atoms with Crippen molar-refractivity contribution in [1.82, 2.24) is 20.1 Å². The molecule has 3 aromatic rings. The van der Waals surface area contributed by atoms with E-state index in [1.807, 2.05) is 56.5 Å². The minimum Gasteiger partial charge on any atom is -0.348 e. The first-order chi connectivity index (χ1) is 12.9. The van der Waals surface area contributed by atoms with E-state index in [0.29, 0.717) is 12.0 Å². The number of para-hydroxylation sites is 1. The molecule has 0 spiro atoms. The van der Waals surface area contributed by atoms with Crippen LogP contribution in [0.25, 0.3) is 10.9 Å². The number of carbonyl (C=O) groups is 2. The molecule has 1 atom stereocenters. The number of amides is 1. The number of rotatable bonds is 7. The molecule has 0 saturated carbocycles. The van der Waals surface area contributed by atoms with Gasteiger partial charge in [-0.15, -0.1) is 0 Å². The quantitative estimate of drug-likeness (QED) is 0.624. The van der Waals surface area contributed by atoms with Crippen LogP contribution >= 0.6 is 0 Å². The number of hydrogen-bond donors (Lipinski definition) is 2. The third-order valence-electron chi connectivity index (χ3n) is 4.88. The number of aryl methyl sites for hydroxylation is 2. The number of aromatic amines is 1. The molecule has 0 saturated heterocycles. The van der Waals surface area contributed by atoms with Gasteiger partial charge in [0.15, 0.2) is 5.78 Å². The summed E-state index contributed by atoms with van der Waals surface area (Å²) >= 11 is 0. The zero-order valence-corrected chi connectivity index (χ0v) is 16.3. The lowest BCUT2D eigenvalue weighted by Gasteiger charge is -2.15. The van der Waals surface area contributed by atoms with Crippen molar-refractivity contribution in [2.75, 3.05) is 0 Å². The van der Waals surface area contributed by atoms with Gasteiger partial charge in [-0.1, -0.05) is 25.1 Å². The van der Waals surface area contributed by atoms with E-state index in [4.69, 9.17) is 0 Å². The Hall–Kier alpha value is -2.89. The van der Waals surface area contributed by atoms with Gasteiger partial charge in [-0.25, -0.2) is 0 Å². The summed E-state index contributed by atoms with van der Waals surface area (Å²) in [6.45, 7) is 7.98. The zero-order valence-electron chi connectivity index (χ0n) is 16.3. The van der Waals surface area contributed by atoms with Crippen LogP contribution in [0.1, 0.15) is 60.0 Å². The summed E-state index contributed by atoms with van der Waals surface area (Å²) in [6, 6.07) is 7.58. The number of ketones is 1. The average molecular weight is 366 g/mol. The summed E-state index contributed by atoms with van der Waals surface area (Å²) in [5, 5.41) is 11.1. The molecular formula is C21H26N4O2. The number of benzene rings is 1. The predicted molar refractivity (Wildman–Crippen MR) is 106 cm³/mol. The first kappa shape index (κ1) is 18.9. The number of carbonyl (C=O) groups excluding carboxylic acids is 2. The number of Topliss-reactive ketones (excluding diaryl/α,β-unsaturated/α-hetero) is 1. The third kappa shape index (κ3) is 3.79. The molecule has 0 bridgehead atoms. The van der Waals surface area contributed by atoms with Crippen molar-refractivity contribution in [3.63, 3.8) is 0 Å². The third-order valence-corrected chi connectivity index (χ3v) is 4.88. The van der Waals surface area contributed by atoms with Crippen LogP contribution in [0.3, 0.4) is 0 Å². The molecule has 6 heteroatoms. The molecular weight excluding hydrogens is 340 g/mol. The topological polar surface area (TPSA) is 79.8 Å². The van der Waals surface area contributed by atoms with Crippen LogP contribution in [0, 0.1) is 13.8 Å². The molecule has 6 nitrogen and oxygen atoms in total. The Labute approximate surface area is 159 Å². The number of fused-ring (bicyclic) bond motifs is 1. The first-order valence-corrected chi connectivity index (χ1v) is 9.34. The van der Waals surface area contributed by atoms with Crippen molar-refractivity contribution in [2.24, 2.45) is 0 Å². The van der Waals surface area contributed by atoms with Crippen molar-refractivity contribution < 1.29 is 9.59 Å². The lowest BCUT2D eigenvalue weighted by molar-refractivity contribution is -0.122. The first-order valence-electron chi connectivity index (χ1n) is 9.34. The Morgan fingerprint density at radius 3 is 2.67 bits per heavy atom. The van der Waals surface area contributed by atoms with E-state index in [2.05, 4.69) is 15.5 Å². The fourth-order valence-electron chi connectivity index (χ4n) is 3.67. The smallest absolute Gasteiger partial charge is 0.240 e. The summed E-state index contributed by atoms with van der Waals surface area (Å²) in [6.07, 6.45) is 3.12. The standard InChI is InChI=1S/C21H26N4O2/c1-5-8-19(26)17-11-25(18-10-7-6-9-16(17)18)12-20(27)22-13(2)21-14(3)23-24-15(21)4/h6-7,9-11,13H,5,8,12H2,1-4H3,(H,22,27)(H,23,24)/t13-/m0/s1. The molecule has 0 fully saturated rings. The Morgan fingerprint density at radius 2 is 2.00 bits per heavy atom. The highest BCUT2D eigenvalue weighted by Crippen LogP contribution is 2.23. The maximum Gasteiger partial charge on any atom is 0.240 e. The van der Waals surface area contributed by atoms with Crippen LogP contribution in [0.4, 0.5) is 0 Å². The van der Waals surface area contributed by atoms with E-state index in [1.54, 1.807) is 6.20 Å². The molecule has 0 aliphatic rings. The molecule has 0 aliphatic carbocycles. The minimum atomic E-state index is -0.140. The van der Waals surface area contributed by atoms with E-state index >= 15 is 0 Å². The summed E-state index contributed by atoms with van der Waals surface area (Å²) in [5.74, 6) is 0.0172. The Kier molecular flexibility index (Phi) is 5.44. The Bertz CT molecular complexity index is 964. The van der Waals surface area contributed by atoms with Gasteiger partial charge in [-0.05, 0) is 33.3 Å². The Balaban J connectivity index is 1.82. The molecule has 2 heterocycles. The van der Waals surface area contributed by atoms with Gasteiger partial charge in [-0.3, -0.25) is 14.7 Å². The molecule has 2 N–H and O–H groups in total. The Morgan fingerprint density at radius 1 is 1.26 bits per heavy atom. The van der Waals surface area contributed by atoms with E-state index in [1.165, 1.54) is 0 Å². The van der Waals surface area contributed by atoms with Gasteiger partial charge in [0.2, 0.25) is 5.91 Å². The summed E-state index contributed by atoms with van der Waals surface area (Å²) < 4.78 is 1.86. The van der Waals surface area contributed by atoms with E-state index in [0.717, 1.165) is 34.3 Å². The van der Waals surface area contributed by atoms with Gasteiger partial charge < -0.3 is 9.88 Å². The maximum atomic E-state index is 12.6. The van der Waals surface area contributed by atoms with Gasteiger partial charge in [0, 0.05) is 40.3 Å². The highest BCUT2D eigenvalue weighted by molar-refractivity contribution is 6.08. The largest absolute Gasteiger partial charge is 0.348 e. The van der Waals surface area contributed by atoms with E-state index in [-0.39, 0.29) is 24.3 Å². The molecule has 3 rings (SSSR count). The van der Waals surface area contributed by atoms with Crippen LogP contribution in [0.15, 0.2) is 30.5 Å². The van der Waals surface area contributed by atoms with Crippen molar-refractivity contribution in [1.29, 1.82) is 0 Å². The second-order valence-electron chi connectivity index (χ2n) is 7.00. The van der Waals surface area contributed by atoms with E-state index < -0.39 is 0 Å². The van der Waals surface area contributed by atoms with Crippen LogP contribution in [-0.2, 0) is 11.3 Å². The van der Waals surface area contributed by atoms with Gasteiger partial charge >= 0.3 is 0 Å². The maximum absolute atomic E-state index is 12.6. The zero-order chi connectivity index (χ0) is 19.6. The van der Waals surface area contributed by atoms with E-state index in [9.17, 15) is 9.59 Å². The molecule has 0 radical (unpaired) electrons. The van der Waals surface area contributed by atoms with Crippen LogP contribution in [0.2, 0.25) is 0 Å². The monoisotopic (exact) mass is 366 g/mol. The summed E-state index contributed by atoms with van der Waals surface area (Å²) in [5.41, 5.74) is 4.45. The van der Waals surface area contributed by atoms with Crippen molar-refractivity contribution >= 4 is 22.6 Å². The summed E-state index contributed by atoms with van der Waals surface area (Å²) in [7, 11) is 0. The molecule has 0 aliphatic heterocycles. The fourth-order valence-corrected chi connectivity index (χ4v) is 3.67. The second-order valence-corrected chi connectivity index (χ2v) is 7.00. The van der Waals surface area contributed by atoms with Gasteiger partial charge in [0.1, 0.15) is 6.54 Å².